The molecule has 0 aliphatic carbocycles. The minimum Gasteiger partial charge on any atom is -0.494 e. The summed E-state index contributed by atoms with van der Waals surface area (Å²) in [5.41, 5.74) is 1.19. The fourth-order valence-electron chi connectivity index (χ4n) is 1.80. The molecule has 1 aromatic carbocycles. The van der Waals surface area contributed by atoms with Gasteiger partial charge >= 0.3 is 0 Å². The molecule has 0 bridgehead atoms. The molecule has 0 aliphatic rings. The lowest BCUT2D eigenvalue weighted by molar-refractivity contribution is 0.0996. The predicted octanol–water partition coefficient (Wildman–Crippen LogP) is 1.31. The van der Waals surface area contributed by atoms with Crippen LogP contribution >= 0.6 is 0 Å². The van der Waals surface area contributed by atoms with E-state index in [2.05, 4.69) is 10.6 Å². The van der Waals surface area contributed by atoms with Crippen molar-refractivity contribution < 1.29 is 24.2 Å². The number of aliphatic hydroxyl groups excluding tert-OH is 2. The zero-order chi connectivity index (χ0) is 15.9. The molecule has 22 heavy (non-hydrogen) atoms. The maximum atomic E-state index is 11.9. The Bertz CT molecular complexity index is 612. The first kappa shape index (κ1) is 15.9. The first-order valence-electron chi connectivity index (χ1n) is 6.69. The fourth-order valence-corrected chi connectivity index (χ4v) is 1.80. The van der Waals surface area contributed by atoms with Gasteiger partial charge in [-0.05, 0) is 24.3 Å². The molecule has 1 amide bonds. The van der Waals surface area contributed by atoms with Crippen molar-refractivity contribution in [3.63, 3.8) is 0 Å². The van der Waals surface area contributed by atoms with Gasteiger partial charge in [-0.3, -0.25) is 4.79 Å². The maximum absolute atomic E-state index is 11.9. The van der Waals surface area contributed by atoms with Crippen molar-refractivity contribution in [2.45, 2.75) is 6.10 Å². The summed E-state index contributed by atoms with van der Waals surface area (Å²) in [5.74, 6) is 0.290. The zero-order valence-corrected chi connectivity index (χ0v) is 12.1. The molecule has 4 N–H and O–H groups in total. The number of benzene rings is 1. The molecule has 1 aromatic heterocycles. The van der Waals surface area contributed by atoms with Crippen LogP contribution in [0.2, 0.25) is 0 Å². The largest absolute Gasteiger partial charge is 0.494 e. The normalized spacial score (nSPS) is 11.8. The molecule has 7 nitrogen and oxygen atoms in total. The van der Waals surface area contributed by atoms with Crippen LogP contribution in [0.1, 0.15) is 10.6 Å². The molecule has 0 saturated carbocycles. The molecule has 7 heteroatoms. The zero-order valence-electron chi connectivity index (χ0n) is 12.1. The summed E-state index contributed by atoms with van der Waals surface area (Å²) in [6.07, 6.45) is 0.579. The topological polar surface area (TPSA) is 104 Å². The Labute approximate surface area is 127 Å². The highest BCUT2D eigenvalue weighted by molar-refractivity contribution is 6.03. The summed E-state index contributed by atoms with van der Waals surface area (Å²) in [5, 5.41) is 23.7. The Balaban J connectivity index is 2.07. The van der Waals surface area contributed by atoms with Crippen LogP contribution in [-0.4, -0.2) is 42.5 Å². The van der Waals surface area contributed by atoms with Crippen molar-refractivity contribution in [2.75, 3.05) is 30.9 Å². The minimum atomic E-state index is -0.843. The standard InChI is InChI=1S/C15H18N2O5/c1-21-14-7-10(16-8-11(19)9-18)4-5-12(14)17-15(20)13-3-2-6-22-13/h2-7,11,16,18-19H,8-9H2,1H3,(H,17,20). The Kier molecular flexibility index (Phi) is 5.40. The number of amides is 1. The number of hydrogen-bond donors (Lipinski definition) is 4. The Morgan fingerprint density at radius 3 is 2.86 bits per heavy atom. The average Bonchev–Trinajstić information content (AvgIpc) is 3.08. The molecule has 0 fully saturated rings. The van der Waals surface area contributed by atoms with Crippen LogP contribution in [0.25, 0.3) is 0 Å². The van der Waals surface area contributed by atoms with Gasteiger partial charge in [0.2, 0.25) is 0 Å². The van der Waals surface area contributed by atoms with E-state index in [9.17, 15) is 9.90 Å². The van der Waals surface area contributed by atoms with Crippen LogP contribution in [0.3, 0.4) is 0 Å². The third kappa shape index (κ3) is 4.00. The summed E-state index contributed by atoms with van der Waals surface area (Å²) in [4.78, 5) is 11.9. The van der Waals surface area contributed by atoms with Gasteiger partial charge < -0.3 is 30.0 Å². The molecule has 0 spiro atoms. The van der Waals surface area contributed by atoms with Crippen molar-refractivity contribution in [2.24, 2.45) is 0 Å². The minimum absolute atomic E-state index is 0.204. The lowest BCUT2D eigenvalue weighted by Gasteiger charge is -2.14. The predicted molar refractivity (Wildman–Crippen MR) is 81.2 cm³/mol. The highest BCUT2D eigenvalue weighted by Crippen LogP contribution is 2.28. The molecule has 1 unspecified atom stereocenters. The molecule has 1 atom stereocenters. The van der Waals surface area contributed by atoms with Gasteiger partial charge in [-0.15, -0.1) is 0 Å². The first-order valence-corrected chi connectivity index (χ1v) is 6.69. The van der Waals surface area contributed by atoms with Gasteiger partial charge in [0.15, 0.2) is 5.76 Å². The van der Waals surface area contributed by atoms with Gasteiger partial charge in [-0.1, -0.05) is 0 Å². The number of aliphatic hydroxyl groups is 2. The Morgan fingerprint density at radius 2 is 2.23 bits per heavy atom. The monoisotopic (exact) mass is 306 g/mol. The second kappa shape index (κ2) is 7.48. The smallest absolute Gasteiger partial charge is 0.291 e. The van der Waals surface area contributed by atoms with E-state index in [0.717, 1.165) is 0 Å². The van der Waals surface area contributed by atoms with Gasteiger partial charge in [-0.25, -0.2) is 0 Å². The third-order valence-corrected chi connectivity index (χ3v) is 2.95. The second-order valence-corrected chi connectivity index (χ2v) is 4.56. The van der Waals surface area contributed by atoms with Crippen molar-refractivity contribution in [3.8, 4) is 5.75 Å². The number of anilines is 2. The summed E-state index contributed by atoms with van der Waals surface area (Å²) >= 11 is 0. The second-order valence-electron chi connectivity index (χ2n) is 4.56. The maximum Gasteiger partial charge on any atom is 0.291 e. The van der Waals surface area contributed by atoms with Gasteiger partial charge in [0.1, 0.15) is 5.75 Å². The highest BCUT2D eigenvalue weighted by atomic mass is 16.5. The number of hydrogen-bond acceptors (Lipinski definition) is 6. The Morgan fingerprint density at radius 1 is 1.41 bits per heavy atom. The quantitative estimate of drug-likeness (QED) is 0.615. The first-order chi connectivity index (χ1) is 10.6. The van der Waals surface area contributed by atoms with Crippen LogP contribution < -0.4 is 15.4 Å². The van der Waals surface area contributed by atoms with Gasteiger partial charge in [0, 0.05) is 18.3 Å². The lowest BCUT2D eigenvalue weighted by Crippen LogP contribution is -2.22. The Hall–Kier alpha value is -2.51. The SMILES string of the molecule is COc1cc(NCC(O)CO)ccc1NC(=O)c1ccco1. The number of nitrogens with one attached hydrogen (secondary N) is 2. The number of ether oxygens (including phenoxy) is 1. The number of carbonyl (C=O) groups is 1. The highest BCUT2D eigenvalue weighted by Gasteiger charge is 2.12. The van der Waals surface area contributed by atoms with Crippen LogP contribution in [0.4, 0.5) is 11.4 Å². The lowest BCUT2D eigenvalue weighted by atomic mass is 10.2. The van der Waals surface area contributed by atoms with Crippen molar-refractivity contribution in [1.82, 2.24) is 0 Å². The van der Waals surface area contributed by atoms with Gasteiger partial charge in [-0.2, -0.15) is 0 Å². The molecule has 0 saturated heterocycles. The van der Waals surface area contributed by atoms with E-state index in [1.165, 1.54) is 13.4 Å². The van der Waals surface area contributed by atoms with Crippen molar-refractivity contribution in [1.29, 1.82) is 0 Å². The van der Waals surface area contributed by atoms with Crippen LogP contribution in [0.15, 0.2) is 41.0 Å². The molecule has 0 radical (unpaired) electrons. The van der Waals surface area contributed by atoms with Gasteiger partial charge in [0.05, 0.1) is 31.8 Å². The average molecular weight is 306 g/mol. The van der Waals surface area contributed by atoms with Crippen LogP contribution in [0, 0.1) is 0 Å². The summed E-state index contributed by atoms with van der Waals surface area (Å²) < 4.78 is 10.3. The van der Waals surface area contributed by atoms with E-state index in [-0.39, 0.29) is 24.8 Å². The van der Waals surface area contributed by atoms with E-state index in [0.29, 0.717) is 17.1 Å². The molecule has 118 valence electrons. The number of rotatable bonds is 7. The number of methoxy groups -OCH3 is 1. The third-order valence-electron chi connectivity index (χ3n) is 2.95. The van der Waals surface area contributed by atoms with Crippen LogP contribution in [-0.2, 0) is 0 Å². The summed E-state index contributed by atoms with van der Waals surface area (Å²) in [7, 11) is 1.49. The van der Waals surface area contributed by atoms with E-state index < -0.39 is 6.10 Å². The van der Waals surface area contributed by atoms with E-state index >= 15 is 0 Å². The van der Waals surface area contributed by atoms with Crippen molar-refractivity contribution >= 4 is 17.3 Å². The molecule has 2 rings (SSSR count). The molecule has 1 heterocycles. The summed E-state index contributed by atoms with van der Waals surface area (Å²) in [6, 6.07) is 8.28. The van der Waals surface area contributed by atoms with E-state index in [1.54, 1.807) is 30.3 Å². The van der Waals surface area contributed by atoms with E-state index in [1.807, 2.05) is 0 Å². The molecule has 2 aromatic rings. The molecular weight excluding hydrogens is 288 g/mol. The van der Waals surface area contributed by atoms with Crippen molar-refractivity contribution in [3.05, 3.63) is 42.4 Å². The van der Waals surface area contributed by atoms with E-state index in [4.69, 9.17) is 14.3 Å². The van der Waals surface area contributed by atoms with Gasteiger partial charge in [0.25, 0.3) is 5.91 Å². The summed E-state index contributed by atoms with van der Waals surface area (Å²) in [6.45, 7) is -0.112. The number of furan rings is 1. The number of carbonyl (C=O) groups excluding carboxylic acids is 1. The van der Waals surface area contributed by atoms with Crippen LogP contribution in [0.5, 0.6) is 5.75 Å². The molecule has 0 aliphatic heterocycles. The fraction of sp³-hybridized carbons (Fsp3) is 0.267. The molecular formula is C15H18N2O5.